The minimum Gasteiger partial charge on any atom is -0.320 e. The molecule has 0 bridgehead atoms. The number of aryl methyl sites for hydroxylation is 1. The van der Waals surface area contributed by atoms with Gasteiger partial charge < -0.3 is 14.8 Å². The smallest absolute Gasteiger partial charge is 0.320 e. The van der Waals surface area contributed by atoms with Gasteiger partial charge in [-0.3, -0.25) is 4.79 Å². The highest BCUT2D eigenvalue weighted by Gasteiger charge is 2.41. The van der Waals surface area contributed by atoms with Crippen LogP contribution in [0.1, 0.15) is 83.4 Å². The maximum Gasteiger partial charge on any atom is 0.416 e. The molecule has 2 aromatic carbocycles. The van der Waals surface area contributed by atoms with Crippen LogP contribution in [0.5, 0.6) is 0 Å². The van der Waals surface area contributed by atoms with Crippen molar-refractivity contribution in [3.63, 3.8) is 0 Å². The SMILES string of the molecule is Cn1cnnc1[C@H](c1cccc(N2Cc3c(cc(CNC4(C)CCC4)cc3C(F)(F)F)C2=O)c1)C1CCS(=O)(=O)CC1. The van der Waals surface area contributed by atoms with E-state index in [1.807, 2.05) is 19.2 Å². The van der Waals surface area contributed by atoms with E-state index in [1.54, 1.807) is 29.1 Å². The highest BCUT2D eigenvalue weighted by Crippen LogP contribution is 2.42. The van der Waals surface area contributed by atoms with Gasteiger partial charge in [0.25, 0.3) is 5.91 Å². The van der Waals surface area contributed by atoms with Gasteiger partial charge in [-0.2, -0.15) is 13.2 Å². The first-order valence-corrected chi connectivity index (χ1v) is 16.1. The average Bonchev–Trinajstić information content (AvgIpc) is 3.49. The van der Waals surface area contributed by atoms with E-state index >= 15 is 0 Å². The van der Waals surface area contributed by atoms with Crippen molar-refractivity contribution < 1.29 is 26.4 Å². The lowest BCUT2D eigenvalue weighted by molar-refractivity contribution is -0.138. The van der Waals surface area contributed by atoms with E-state index in [-0.39, 0.29) is 53.1 Å². The molecule has 0 unspecified atom stereocenters. The van der Waals surface area contributed by atoms with Crippen LogP contribution < -0.4 is 10.2 Å². The second kappa shape index (κ2) is 10.5. The summed E-state index contributed by atoms with van der Waals surface area (Å²) in [4.78, 5) is 15.1. The molecule has 6 rings (SSSR count). The molecule has 0 spiro atoms. The summed E-state index contributed by atoms with van der Waals surface area (Å²) < 4.78 is 68.8. The number of aromatic nitrogens is 3. The zero-order chi connectivity index (χ0) is 29.9. The van der Waals surface area contributed by atoms with E-state index in [4.69, 9.17) is 0 Å². The van der Waals surface area contributed by atoms with Crippen LogP contribution in [-0.2, 0) is 36.2 Å². The number of sulfone groups is 1. The van der Waals surface area contributed by atoms with Gasteiger partial charge in [0.1, 0.15) is 22.0 Å². The lowest BCUT2D eigenvalue weighted by Crippen LogP contribution is -2.47. The average molecular weight is 602 g/mol. The Morgan fingerprint density at radius 1 is 1.14 bits per heavy atom. The first-order valence-electron chi connectivity index (χ1n) is 14.3. The summed E-state index contributed by atoms with van der Waals surface area (Å²) in [6, 6.07) is 9.98. The zero-order valence-electron chi connectivity index (χ0n) is 23.6. The Bertz CT molecular complexity index is 1620. The van der Waals surface area contributed by atoms with Crippen molar-refractivity contribution in [3.8, 4) is 0 Å². The first kappa shape index (κ1) is 28.9. The third-order valence-corrected chi connectivity index (χ3v) is 10.9. The van der Waals surface area contributed by atoms with Gasteiger partial charge in [-0.05, 0) is 85.9 Å². The molecule has 3 heterocycles. The molecule has 1 N–H and O–H groups in total. The molecule has 12 heteroatoms. The Balaban J connectivity index is 1.33. The summed E-state index contributed by atoms with van der Waals surface area (Å²) in [5.41, 5.74) is 0.934. The summed E-state index contributed by atoms with van der Waals surface area (Å²) in [5, 5.41) is 11.7. The number of halogens is 3. The molecule has 0 radical (unpaired) electrons. The summed E-state index contributed by atoms with van der Waals surface area (Å²) >= 11 is 0. The molecule has 1 atom stereocenters. The molecule has 1 aliphatic carbocycles. The van der Waals surface area contributed by atoms with Crippen LogP contribution in [-0.4, -0.2) is 46.1 Å². The third-order valence-electron chi connectivity index (χ3n) is 9.22. The number of carbonyl (C=O) groups is 1. The largest absolute Gasteiger partial charge is 0.416 e. The van der Waals surface area contributed by atoms with Crippen molar-refractivity contribution in [3.05, 3.63) is 76.4 Å². The van der Waals surface area contributed by atoms with Crippen molar-refractivity contribution in [2.45, 2.75) is 69.8 Å². The first-order chi connectivity index (χ1) is 19.8. The molecule has 1 amide bonds. The van der Waals surface area contributed by atoms with Crippen LogP contribution in [0, 0.1) is 5.92 Å². The van der Waals surface area contributed by atoms with Crippen LogP contribution in [0.25, 0.3) is 0 Å². The molecular formula is C30H34F3N5O3S. The molecular weight excluding hydrogens is 567 g/mol. The predicted molar refractivity (Wildman–Crippen MR) is 152 cm³/mol. The molecule has 42 heavy (non-hydrogen) atoms. The number of alkyl halides is 3. The predicted octanol–water partition coefficient (Wildman–Crippen LogP) is 4.98. The van der Waals surface area contributed by atoms with Crippen LogP contribution in [0.15, 0.2) is 42.7 Å². The molecule has 3 aliphatic rings. The zero-order valence-corrected chi connectivity index (χ0v) is 24.4. The summed E-state index contributed by atoms with van der Waals surface area (Å²) in [6.07, 6.45) is 0.939. The molecule has 1 saturated carbocycles. The third kappa shape index (κ3) is 5.46. The van der Waals surface area contributed by atoms with Gasteiger partial charge in [0.15, 0.2) is 0 Å². The normalized spacial score (nSPS) is 20.8. The van der Waals surface area contributed by atoms with E-state index in [9.17, 15) is 26.4 Å². The molecule has 3 aromatic rings. The van der Waals surface area contributed by atoms with Crippen molar-refractivity contribution in [1.82, 2.24) is 20.1 Å². The number of amides is 1. The lowest BCUT2D eigenvalue weighted by Gasteiger charge is -2.39. The van der Waals surface area contributed by atoms with E-state index in [1.165, 1.54) is 11.0 Å². The van der Waals surface area contributed by atoms with Gasteiger partial charge in [-0.1, -0.05) is 12.1 Å². The fourth-order valence-electron chi connectivity index (χ4n) is 6.56. The maximum atomic E-state index is 14.2. The topological polar surface area (TPSA) is 97.2 Å². The Kier molecular flexibility index (Phi) is 7.20. The number of hydrogen-bond acceptors (Lipinski definition) is 6. The van der Waals surface area contributed by atoms with E-state index < -0.39 is 27.5 Å². The van der Waals surface area contributed by atoms with E-state index in [2.05, 4.69) is 22.4 Å². The highest BCUT2D eigenvalue weighted by atomic mass is 32.2. The van der Waals surface area contributed by atoms with Gasteiger partial charge in [-0.15, -0.1) is 10.2 Å². The minimum absolute atomic E-state index is 0.0150. The number of fused-ring (bicyclic) bond motifs is 1. The number of hydrogen-bond donors (Lipinski definition) is 1. The Morgan fingerprint density at radius 3 is 2.50 bits per heavy atom. The standard InChI is InChI=1S/C30H34F3N5O3S/c1-29(9-4-10-29)34-16-19-13-23-24(25(14-19)30(31,32)33)17-38(28(23)39)22-6-3-5-21(15-22)26(27-36-35-18-37(27)2)20-7-11-42(40,41)12-8-20/h3,5-6,13-15,18,20,26,34H,4,7-12,16-17H2,1-2H3/t26-/m0/s1. The second-order valence-corrected chi connectivity index (χ2v) is 14.5. The summed E-state index contributed by atoms with van der Waals surface area (Å²) in [7, 11) is -1.27. The fourth-order valence-corrected chi connectivity index (χ4v) is 8.09. The van der Waals surface area contributed by atoms with E-state index in [0.29, 0.717) is 29.9 Å². The van der Waals surface area contributed by atoms with Crippen molar-refractivity contribution in [1.29, 1.82) is 0 Å². The van der Waals surface area contributed by atoms with Crippen molar-refractivity contribution in [2.75, 3.05) is 16.4 Å². The second-order valence-electron chi connectivity index (χ2n) is 12.2. The lowest BCUT2D eigenvalue weighted by atomic mass is 9.78. The van der Waals surface area contributed by atoms with Gasteiger partial charge in [-0.25, -0.2) is 8.42 Å². The van der Waals surface area contributed by atoms with Crippen LogP contribution in [0.4, 0.5) is 18.9 Å². The molecule has 2 fully saturated rings. The van der Waals surface area contributed by atoms with Gasteiger partial charge in [0.2, 0.25) is 0 Å². The van der Waals surface area contributed by atoms with Gasteiger partial charge in [0.05, 0.1) is 23.6 Å². The number of anilines is 1. The molecule has 1 aromatic heterocycles. The number of rotatable bonds is 7. The maximum absolute atomic E-state index is 14.2. The summed E-state index contributed by atoms with van der Waals surface area (Å²) in [6.45, 7) is 2.13. The Hall–Kier alpha value is -3.25. The van der Waals surface area contributed by atoms with E-state index in [0.717, 1.165) is 24.8 Å². The molecule has 2 aliphatic heterocycles. The van der Waals surface area contributed by atoms with Crippen LogP contribution in [0.2, 0.25) is 0 Å². The Labute approximate surface area is 243 Å². The monoisotopic (exact) mass is 601 g/mol. The quantitative estimate of drug-likeness (QED) is 0.410. The number of benzene rings is 2. The van der Waals surface area contributed by atoms with Gasteiger partial charge in [0, 0.05) is 36.3 Å². The number of carbonyl (C=O) groups excluding carboxylic acids is 1. The van der Waals surface area contributed by atoms with Gasteiger partial charge >= 0.3 is 6.18 Å². The van der Waals surface area contributed by atoms with Crippen molar-refractivity contribution >= 4 is 21.4 Å². The minimum atomic E-state index is -4.60. The van der Waals surface area contributed by atoms with Crippen LogP contribution >= 0.6 is 0 Å². The molecule has 8 nitrogen and oxygen atoms in total. The Morgan fingerprint density at radius 2 is 1.88 bits per heavy atom. The number of nitrogens with zero attached hydrogens (tertiary/aromatic N) is 4. The fraction of sp³-hybridized carbons (Fsp3) is 0.500. The molecule has 1 saturated heterocycles. The summed E-state index contributed by atoms with van der Waals surface area (Å²) in [5.74, 6) is 0.0593. The molecule has 224 valence electrons. The van der Waals surface area contributed by atoms with Crippen LogP contribution in [0.3, 0.4) is 0 Å². The number of nitrogens with one attached hydrogen (secondary N) is 1. The van der Waals surface area contributed by atoms with Crippen molar-refractivity contribution in [2.24, 2.45) is 13.0 Å². The highest BCUT2D eigenvalue weighted by molar-refractivity contribution is 7.91.